The summed E-state index contributed by atoms with van der Waals surface area (Å²) in [7, 11) is -3.36. The molecule has 0 radical (unpaired) electrons. The van der Waals surface area contributed by atoms with Gasteiger partial charge in [0.2, 0.25) is 10.0 Å². The van der Waals surface area contributed by atoms with Gasteiger partial charge >= 0.3 is 0 Å². The van der Waals surface area contributed by atoms with E-state index in [1.165, 1.54) is 0 Å². The van der Waals surface area contributed by atoms with Gasteiger partial charge in [-0.3, -0.25) is 9.78 Å². The van der Waals surface area contributed by atoms with Gasteiger partial charge in [-0.1, -0.05) is 42.5 Å². The van der Waals surface area contributed by atoms with Gasteiger partial charge in [-0.2, -0.15) is 0 Å². The number of hydrogen-bond acceptors (Lipinski definition) is 4. The predicted molar refractivity (Wildman–Crippen MR) is 110 cm³/mol. The number of para-hydroxylation sites is 1. The van der Waals surface area contributed by atoms with E-state index in [0.717, 1.165) is 10.9 Å². The molecule has 0 saturated carbocycles. The lowest BCUT2D eigenvalue weighted by atomic mass is 10.1. The first-order valence-corrected chi connectivity index (χ1v) is 10.7. The summed E-state index contributed by atoms with van der Waals surface area (Å²) in [6.07, 6.45) is 1.67. The second-order valence-corrected chi connectivity index (χ2v) is 8.67. The van der Waals surface area contributed by atoms with E-state index in [-0.39, 0.29) is 17.7 Å². The smallest absolute Gasteiger partial charge is 0.253 e. The molecule has 0 fully saturated rings. The third-order valence-electron chi connectivity index (χ3n) is 4.13. The number of nitrogens with one attached hydrogen (secondary N) is 2. The van der Waals surface area contributed by atoms with Gasteiger partial charge in [-0.15, -0.1) is 0 Å². The Morgan fingerprint density at radius 2 is 1.68 bits per heavy atom. The molecule has 3 aromatic rings. The Morgan fingerprint density at radius 3 is 2.39 bits per heavy atom. The maximum atomic E-state index is 12.6. The van der Waals surface area contributed by atoms with E-state index >= 15 is 0 Å². The minimum Gasteiger partial charge on any atom is -0.348 e. The SMILES string of the molecule is CC(C)NS(=O)(=O)Cc1ccc(CNC(=O)c2cccc3cccnc23)cc1. The lowest BCUT2D eigenvalue weighted by Crippen LogP contribution is -2.31. The van der Waals surface area contributed by atoms with Crippen LogP contribution in [-0.4, -0.2) is 25.4 Å². The van der Waals surface area contributed by atoms with Crippen LogP contribution in [0.4, 0.5) is 0 Å². The van der Waals surface area contributed by atoms with Crippen LogP contribution in [0.25, 0.3) is 10.9 Å². The molecular formula is C21H23N3O3S. The molecule has 0 aliphatic rings. The molecule has 1 aromatic heterocycles. The molecule has 2 aromatic carbocycles. The van der Waals surface area contributed by atoms with Crippen LogP contribution in [0.2, 0.25) is 0 Å². The van der Waals surface area contributed by atoms with Crippen LogP contribution in [0, 0.1) is 0 Å². The van der Waals surface area contributed by atoms with Crippen LogP contribution in [0.15, 0.2) is 60.8 Å². The molecule has 1 amide bonds. The van der Waals surface area contributed by atoms with Gasteiger partial charge in [-0.25, -0.2) is 13.1 Å². The number of nitrogens with zero attached hydrogens (tertiary/aromatic N) is 1. The number of sulfonamides is 1. The van der Waals surface area contributed by atoms with E-state index in [2.05, 4.69) is 15.0 Å². The molecule has 0 unspecified atom stereocenters. The monoisotopic (exact) mass is 397 g/mol. The second kappa shape index (κ2) is 8.50. The first-order valence-electron chi connectivity index (χ1n) is 9.04. The van der Waals surface area contributed by atoms with E-state index in [9.17, 15) is 13.2 Å². The molecule has 6 nitrogen and oxygen atoms in total. The number of fused-ring (bicyclic) bond motifs is 1. The molecule has 0 bridgehead atoms. The molecule has 0 atom stereocenters. The Kier molecular flexibility index (Phi) is 6.06. The van der Waals surface area contributed by atoms with Crippen LogP contribution in [-0.2, 0) is 22.3 Å². The van der Waals surface area contributed by atoms with E-state index < -0.39 is 10.0 Å². The van der Waals surface area contributed by atoms with Crippen molar-refractivity contribution < 1.29 is 13.2 Å². The highest BCUT2D eigenvalue weighted by Gasteiger charge is 2.13. The Labute approximate surface area is 165 Å². The van der Waals surface area contributed by atoms with Gasteiger partial charge in [0.1, 0.15) is 0 Å². The van der Waals surface area contributed by atoms with Gasteiger partial charge in [0, 0.05) is 24.2 Å². The summed E-state index contributed by atoms with van der Waals surface area (Å²) in [5, 5.41) is 3.80. The fourth-order valence-corrected chi connectivity index (χ4v) is 4.37. The van der Waals surface area contributed by atoms with E-state index in [4.69, 9.17) is 0 Å². The van der Waals surface area contributed by atoms with Crippen molar-refractivity contribution in [1.82, 2.24) is 15.0 Å². The number of amides is 1. The first-order chi connectivity index (χ1) is 13.3. The third-order valence-corrected chi connectivity index (χ3v) is 5.67. The summed E-state index contributed by atoms with van der Waals surface area (Å²) >= 11 is 0. The Hall–Kier alpha value is -2.77. The molecule has 2 N–H and O–H groups in total. The molecule has 7 heteroatoms. The Morgan fingerprint density at radius 1 is 1.00 bits per heavy atom. The van der Waals surface area contributed by atoms with Crippen molar-refractivity contribution >= 4 is 26.8 Å². The van der Waals surface area contributed by atoms with Gasteiger partial charge < -0.3 is 5.32 Å². The minimum absolute atomic E-state index is 0.0699. The van der Waals surface area contributed by atoms with Crippen molar-refractivity contribution in [3.8, 4) is 0 Å². The van der Waals surface area contributed by atoms with Gasteiger partial charge in [-0.05, 0) is 37.1 Å². The maximum Gasteiger partial charge on any atom is 0.253 e. The number of carbonyl (C=O) groups excluding carboxylic acids is 1. The molecule has 0 aliphatic heterocycles. The summed E-state index contributed by atoms with van der Waals surface area (Å²) in [5.41, 5.74) is 2.78. The quantitative estimate of drug-likeness (QED) is 0.641. The minimum atomic E-state index is -3.36. The zero-order valence-electron chi connectivity index (χ0n) is 15.8. The highest BCUT2D eigenvalue weighted by Crippen LogP contribution is 2.16. The number of rotatable bonds is 7. The summed E-state index contributed by atoms with van der Waals surface area (Å²) in [6.45, 7) is 3.92. The maximum absolute atomic E-state index is 12.6. The van der Waals surface area contributed by atoms with Crippen molar-refractivity contribution in [3.63, 3.8) is 0 Å². The van der Waals surface area contributed by atoms with Crippen LogP contribution in [0.5, 0.6) is 0 Å². The van der Waals surface area contributed by atoms with Crippen molar-refractivity contribution in [2.45, 2.75) is 32.2 Å². The Balaban J connectivity index is 1.64. The van der Waals surface area contributed by atoms with Gasteiger partial charge in [0.25, 0.3) is 5.91 Å². The lowest BCUT2D eigenvalue weighted by molar-refractivity contribution is 0.0952. The fraction of sp³-hybridized carbons (Fsp3) is 0.238. The lowest BCUT2D eigenvalue weighted by Gasteiger charge is -2.10. The summed E-state index contributed by atoms with van der Waals surface area (Å²) in [6, 6.07) is 16.3. The van der Waals surface area contributed by atoms with E-state index in [1.54, 1.807) is 38.2 Å². The van der Waals surface area contributed by atoms with Crippen LogP contribution < -0.4 is 10.0 Å². The largest absolute Gasteiger partial charge is 0.348 e. The zero-order chi connectivity index (χ0) is 20.1. The molecule has 0 spiro atoms. The van der Waals surface area contributed by atoms with Gasteiger partial charge in [0.05, 0.1) is 16.8 Å². The normalized spacial score (nSPS) is 11.7. The van der Waals surface area contributed by atoms with Crippen LogP contribution >= 0.6 is 0 Å². The van der Waals surface area contributed by atoms with Crippen molar-refractivity contribution in [2.24, 2.45) is 0 Å². The Bertz CT molecular complexity index is 1070. The molecular weight excluding hydrogens is 374 g/mol. The highest BCUT2D eigenvalue weighted by molar-refractivity contribution is 7.88. The molecule has 146 valence electrons. The molecule has 3 rings (SSSR count). The van der Waals surface area contributed by atoms with E-state index in [1.807, 2.05) is 36.4 Å². The third kappa shape index (κ3) is 5.15. The highest BCUT2D eigenvalue weighted by atomic mass is 32.2. The molecule has 28 heavy (non-hydrogen) atoms. The predicted octanol–water partition coefficient (Wildman–Crippen LogP) is 2.99. The molecule has 1 heterocycles. The standard InChI is InChI=1S/C21H23N3O3S/c1-15(2)24-28(26,27)14-17-10-8-16(9-11-17)13-23-21(25)19-7-3-5-18-6-4-12-22-20(18)19/h3-12,15,24H,13-14H2,1-2H3,(H,23,25). The molecule has 0 aliphatic carbocycles. The fourth-order valence-electron chi connectivity index (χ4n) is 2.94. The average molecular weight is 398 g/mol. The topological polar surface area (TPSA) is 88.2 Å². The summed E-state index contributed by atoms with van der Waals surface area (Å²) in [4.78, 5) is 16.9. The summed E-state index contributed by atoms with van der Waals surface area (Å²) < 4.78 is 26.6. The number of benzene rings is 2. The number of carbonyl (C=O) groups is 1. The molecule has 0 saturated heterocycles. The van der Waals surface area contributed by atoms with Crippen molar-refractivity contribution in [3.05, 3.63) is 77.5 Å². The summed E-state index contributed by atoms with van der Waals surface area (Å²) in [5.74, 6) is -0.267. The number of pyridine rings is 1. The van der Waals surface area contributed by atoms with E-state index in [0.29, 0.717) is 23.2 Å². The zero-order valence-corrected chi connectivity index (χ0v) is 16.7. The van der Waals surface area contributed by atoms with Crippen molar-refractivity contribution in [1.29, 1.82) is 0 Å². The number of hydrogen-bond donors (Lipinski definition) is 2. The number of aromatic nitrogens is 1. The van der Waals surface area contributed by atoms with Crippen molar-refractivity contribution in [2.75, 3.05) is 0 Å². The first kappa shape index (κ1) is 20.0. The van der Waals surface area contributed by atoms with Crippen LogP contribution in [0.1, 0.15) is 35.3 Å². The van der Waals surface area contributed by atoms with Crippen LogP contribution in [0.3, 0.4) is 0 Å². The average Bonchev–Trinajstić information content (AvgIpc) is 2.65. The van der Waals surface area contributed by atoms with Gasteiger partial charge in [0.15, 0.2) is 0 Å². The second-order valence-electron chi connectivity index (χ2n) is 6.91.